The summed E-state index contributed by atoms with van der Waals surface area (Å²) in [4.78, 5) is 24.1. The molecule has 2 aromatic rings. The molecule has 0 aliphatic carbocycles. The van der Waals surface area contributed by atoms with Crippen LogP contribution in [0.5, 0.6) is 0 Å². The highest BCUT2D eigenvalue weighted by molar-refractivity contribution is 8.00. The molecule has 2 aromatic carbocycles. The third-order valence-corrected chi connectivity index (χ3v) is 4.32. The molecular weight excluding hydrogens is 359 g/mol. The summed E-state index contributed by atoms with van der Waals surface area (Å²) in [5.41, 5.74) is 6.10. The van der Waals surface area contributed by atoms with Gasteiger partial charge in [0.1, 0.15) is 5.56 Å². The van der Waals surface area contributed by atoms with Crippen LogP contribution in [0.1, 0.15) is 10.4 Å². The average Bonchev–Trinajstić information content (AvgIpc) is 2.45. The molecule has 0 radical (unpaired) electrons. The Balaban J connectivity index is 2.08. The van der Waals surface area contributed by atoms with Gasteiger partial charge in [0, 0.05) is 15.6 Å². The zero-order valence-corrected chi connectivity index (χ0v) is 14.0. The van der Waals surface area contributed by atoms with Crippen molar-refractivity contribution in [3.63, 3.8) is 0 Å². The summed E-state index contributed by atoms with van der Waals surface area (Å²) in [6.07, 6.45) is 0. The number of thioether (sulfide) groups is 1. The number of rotatable bonds is 5. The molecule has 0 saturated carbocycles. The van der Waals surface area contributed by atoms with E-state index in [2.05, 4.69) is 5.32 Å². The number of halogens is 2. The Kier molecular flexibility index (Phi) is 5.76. The molecule has 2 rings (SSSR count). The van der Waals surface area contributed by atoms with E-state index in [1.54, 1.807) is 24.3 Å². The molecule has 8 heteroatoms. The van der Waals surface area contributed by atoms with E-state index in [4.69, 9.17) is 28.9 Å². The van der Waals surface area contributed by atoms with Crippen LogP contribution in [0.15, 0.2) is 41.3 Å². The van der Waals surface area contributed by atoms with E-state index >= 15 is 0 Å². The van der Waals surface area contributed by atoms with Crippen molar-refractivity contribution in [2.45, 2.75) is 4.90 Å². The van der Waals surface area contributed by atoms with Crippen molar-refractivity contribution in [2.75, 3.05) is 16.8 Å². The predicted octanol–water partition coefficient (Wildman–Crippen LogP) is 4.00. The van der Waals surface area contributed by atoms with Gasteiger partial charge in [-0.2, -0.15) is 0 Å². The normalized spacial score (nSPS) is 10.3. The number of nitrogens with one attached hydrogen (secondary N) is 1. The van der Waals surface area contributed by atoms with Gasteiger partial charge < -0.3 is 16.2 Å². The lowest BCUT2D eigenvalue weighted by atomic mass is 10.1. The molecule has 0 saturated heterocycles. The summed E-state index contributed by atoms with van der Waals surface area (Å²) < 4.78 is 0. The van der Waals surface area contributed by atoms with Crippen LogP contribution >= 0.6 is 35.0 Å². The molecule has 0 unspecified atom stereocenters. The Labute approximate surface area is 146 Å². The molecule has 0 fully saturated rings. The van der Waals surface area contributed by atoms with E-state index < -0.39 is 5.97 Å². The first-order valence-electron chi connectivity index (χ1n) is 6.37. The van der Waals surface area contributed by atoms with Crippen molar-refractivity contribution in [3.05, 3.63) is 52.0 Å². The SMILES string of the molecule is Nc1ccc(SCC(=O)Nc2cc(Cl)cc(Cl)c2C(=O)O)cc1. The van der Waals surface area contributed by atoms with Crippen molar-refractivity contribution >= 4 is 58.2 Å². The highest BCUT2D eigenvalue weighted by atomic mass is 35.5. The number of nitrogens with two attached hydrogens (primary N) is 1. The zero-order valence-electron chi connectivity index (χ0n) is 11.7. The van der Waals surface area contributed by atoms with Gasteiger partial charge in [-0.3, -0.25) is 4.79 Å². The summed E-state index contributed by atoms with van der Waals surface area (Å²) in [5, 5.41) is 11.9. The second-order valence-electron chi connectivity index (χ2n) is 4.52. The molecule has 1 amide bonds. The van der Waals surface area contributed by atoms with Gasteiger partial charge in [-0.1, -0.05) is 23.2 Å². The third kappa shape index (κ3) is 4.79. The van der Waals surface area contributed by atoms with Gasteiger partial charge in [-0.25, -0.2) is 4.79 Å². The predicted molar refractivity (Wildman–Crippen MR) is 93.6 cm³/mol. The first kappa shape index (κ1) is 17.5. The first-order chi connectivity index (χ1) is 10.9. The molecule has 0 bridgehead atoms. The number of carbonyl (C=O) groups is 2. The lowest BCUT2D eigenvalue weighted by Gasteiger charge is -2.10. The molecule has 4 N–H and O–H groups in total. The van der Waals surface area contributed by atoms with Gasteiger partial charge in [0.15, 0.2) is 0 Å². The van der Waals surface area contributed by atoms with Crippen molar-refractivity contribution < 1.29 is 14.7 Å². The minimum Gasteiger partial charge on any atom is -0.478 e. The topological polar surface area (TPSA) is 92.4 Å². The third-order valence-electron chi connectivity index (χ3n) is 2.79. The maximum absolute atomic E-state index is 12.0. The highest BCUT2D eigenvalue weighted by Gasteiger charge is 2.17. The number of nitrogen functional groups attached to an aromatic ring is 1. The van der Waals surface area contributed by atoms with E-state index in [-0.39, 0.29) is 33.0 Å². The van der Waals surface area contributed by atoms with Crippen LogP contribution in [0.2, 0.25) is 10.0 Å². The maximum atomic E-state index is 12.0. The number of carbonyl (C=O) groups excluding carboxylic acids is 1. The van der Waals surface area contributed by atoms with Gasteiger partial charge >= 0.3 is 5.97 Å². The Hall–Kier alpha value is -1.89. The molecule has 0 aliphatic heterocycles. The Morgan fingerprint density at radius 2 is 1.83 bits per heavy atom. The molecule has 5 nitrogen and oxygen atoms in total. The number of anilines is 2. The van der Waals surface area contributed by atoms with Crippen LogP contribution in [-0.2, 0) is 4.79 Å². The standard InChI is InChI=1S/C15H12Cl2N2O3S/c16-8-5-11(17)14(15(21)22)12(6-8)19-13(20)7-23-10-3-1-9(18)2-4-10/h1-6H,7,18H2,(H,19,20)(H,21,22). The summed E-state index contributed by atoms with van der Waals surface area (Å²) in [5.74, 6) is -1.51. The molecule has 0 aliphatic rings. The lowest BCUT2D eigenvalue weighted by Crippen LogP contribution is -2.17. The van der Waals surface area contributed by atoms with Gasteiger partial charge in [-0.05, 0) is 36.4 Å². The summed E-state index contributed by atoms with van der Waals surface area (Å²) in [7, 11) is 0. The van der Waals surface area contributed by atoms with E-state index in [0.29, 0.717) is 5.69 Å². The molecule has 0 spiro atoms. The number of aromatic carboxylic acids is 1. The number of hydrogen-bond donors (Lipinski definition) is 3. The van der Waals surface area contributed by atoms with Crippen molar-refractivity contribution in [3.8, 4) is 0 Å². The van der Waals surface area contributed by atoms with Crippen LogP contribution < -0.4 is 11.1 Å². The smallest absolute Gasteiger partial charge is 0.339 e. The monoisotopic (exact) mass is 370 g/mol. The summed E-state index contributed by atoms with van der Waals surface area (Å²) >= 11 is 13.0. The highest BCUT2D eigenvalue weighted by Crippen LogP contribution is 2.29. The molecular formula is C15H12Cl2N2O3S. The van der Waals surface area contributed by atoms with E-state index in [0.717, 1.165) is 4.90 Å². The fourth-order valence-corrected chi connectivity index (χ4v) is 3.06. The maximum Gasteiger partial charge on any atom is 0.339 e. The lowest BCUT2D eigenvalue weighted by molar-refractivity contribution is -0.113. The number of amides is 1. The molecule has 23 heavy (non-hydrogen) atoms. The Morgan fingerprint density at radius 1 is 1.17 bits per heavy atom. The fraction of sp³-hybridized carbons (Fsp3) is 0.0667. The van der Waals surface area contributed by atoms with Gasteiger partial charge in [0.2, 0.25) is 5.91 Å². The second kappa shape index (κ2) is 7.59. The largest absolute Gasteiger partial charge is 0.478 e. The van der Waals surface area contributed by atoms with Crippen molar-refractivity contribution in [1.82, 2.24) is 0 Å². The number of carboxylic acids is 1. The van der Waals surface area contributed by atoms with Crippen LogP contribution in [-0.4, -0.2) is 22.7 Å². The Bertz CT molecular complexity index is 751. The number of carboxylic acid groups (broad SMARTS) is 1. The van der Waals surface area contributed by atoms with Crippen LogP contribution in [0.25, 0.3) is 0 Å². The molecule has 0 atom stereocenters. The van der Waals surface area contributed by atoms with Gasteiger partial charge in [-0.15, -0.1) is 11.8 Å². The quantitative estimate of drug-likeness (QED) is 0.546. The zero-order chi connectivity index (χ0) is 17.0. The van der Waals surface area contributed by atoms with Gasteiger partial charge in [0.25, 0.3) is 0 Å². The number of hydrogen-bond acceptors (Lipinski definition) is 4. The number of benzene rings is 2. The summed E-state index contributed by atoms with van der Waals surface area (Å²) in [6, 6.07) is 9.73. The minimum absolute atomic E-state index is 0.0357. The van der Waals surface area contributed by atoms with Crippen LogP contribution in [0, 0.1) is 0 Å². The van der Waals surface area contributed by atoms with E-state index in [1.807, 2.05) is 0 Å². The Morgan fingerprint density at radius 3 is 2.43 bits per heavy atom. The van der Waals surface area contributed by atoms with Crippen molar-refractivity contribution in [1.29, 1.82) is 0 Å². The van der Waals surface area contributed by atoms with E-state index in [9.17, 15) is 14.7 Å². The van der Waals surface area contributed by atoms with E-state index in [1.165, 1.54) is 23.9 Å². The van der Waals surface area contributed by atoms with Gasteiger partial charge in [0.05, 0.1) is 16.5 Å². The molecule has 0 aromatic heterocycles. The summed E-state index contributed by atoms with van der Waals surface area (Å²) in [6.45, 7) is 0. The average molecular weight is 371 g/mol. The molecule has 0 heterocycles. The van der Waals surface area contributed by atoms with Crippen molar-refractivity contribution in [2.24, 2.45) is 0 Å². The van der Waals surface area contributed by atoms with Crippen LogP contribution in [0.3, 0.4) is 0 Å². The second-order valence-corrected chi connectivity index (χ2v) is 6.41. The van der Waals surface area contributed by atoms with Crippen LogP contribution in [0.4, 0.5) is 11.4 Å². The fourth-order valence-electron chi connectivity index (χ4n) is 1.79. The minimum atomic E-state index is -1.24. The first-order valence-corrected chi connectivity index (χ1v) is 8.11. The molecule has 120 valence electrons.